The highest BCUT2D eigenvalue weighted by atomic mass is 79.9. The van der Waals surface area contributed by atoms with Crippen LogP contribution in [0.25, 0.3) is 23.1 Å². The molecular weight excluding hydrogens is 572 g/mol. The Labute approximate surface area is 237 Å². The molecule has 0 bridgehead atoms. The Hall–Kier alpha value is -3.94. The number of rotatable bonds is 4. The summed E-state index contributed by atoms with van der Waals surface area (Å²) in [6.07, 6.45) is 3.58. The quantitative estimate of drug-likeness (QED) is 0.243. The van der Waals surface area contributed by atoms with Crippen molar-refractivity contribution in [1.82, 2.24) is 4.57 Å². The predicted octanol–water partition coefficient (Wildman–Crippen LogP) is 6.35. The topological polar surface area (TPSA) is 56.7 Å². The summed E-state index contributed by atoms with van der Waals surface area (Å²) in [5, 5.41) is 0. The van der Waals surface area contributed by atoms with Crippen LogP contribution in [0.5, 0.6) is 5.75 Å². The maximum Gasteiger partial charge on any atom is 0.271 e. The van der Waals surface area contributed by atoms with Crippen molar-refractivity contribution in [3.8, 4) is 17.1 Å². The number of methoxy groups -OCH3 is 1. The van der Waals surface area contributed by atoms with Crippen LogP contribution in [0.2, 0.25) is 0 Å². The summed E-state index contributed by atoms with van der Waals surface area (Å²) in [6, 6.07) is 28.0. The first-order chi connectivity index (χ1) is 19.1. The molecule has 3 heterocycles. The lowest BCUT2D eigenvalue weighted by Gasteiger charge is -2.31. The molecule has 2 aliphatic rings. The summed E-state index contributed by atoms with van der Waals surface area (Å²) in [4.78, 5) is 19.8. The van der Waals surface area contributed by atoms with Crippen molar-refractivity contribution in [2.75, 3.05) is 7.11 Å². The van der Waals surface area contributed by atoms with E-state index < -0.39 is 0 Å². The van der Waals surface area contributed by atoms with Crippen LogP contribution in [-0.4, -0.2) is 11.7 Å². The molecule has 192 valence electrons. The SMILES string of the molecule is COc1cccc([C@@H]2C3=C(N=c4s/c(=C/c5ccc(-c6cccc(Br)c6)o5)c(=O)n42)c2ccccc2CC3)c1. The van der Waals surface area contributed by atoms with Gasteiger partial charge in [0, 0.05) is 21.7 Å². The van der Waals surface area contributed by atoms with Gasteiger partial charge in [0.1, 0.15) is 17.3 Å². The molecule has 5 aromatic rings. The van der Waals surface area contributed by atoms with E-state index in [4.69, 9.17) is 14.1 Å². The van der Waals surface area contributed by atoms with Crippen molar-refractivity contribution in [2.45, 2.75) is 18.9 Å². The van der Waals surface area contributed by atoms with Crippen molar-refractivity contribution in [3.63, 3.8) is 0 Å². The monoisotopic (exact) mass is 594 g/mol. The van der Waals surface area contributed by atoms with Gasteiger partial charge in [0.2, 0.25) is 0 Å². The van der Waals surface area contributed by atoms with Crippen LogP contribution in [-0.2, 0) is 6.42 Å². The maximum atomic E-state index is 14.0. The molecule has 0 spiro atoms. The minimum absolute atomic E-state index is 0.0719. The van der Waals surface area contributed by atoms with Crippen molar-refractivity contribution in [3.05, 3.63) is 137 Å². The Balaban J connectivity index is 1.41. The number of aromatic nitrogens is 1. The van der Waals surface area contributed by atoms with E-state index >= 15 is 0 Å². The van der Waals surface area contributed by atoms with Gasteiger partial charge in [0.15, 0.2) is 4.80 Å². The van der Waals surface area contributed by atoms with Gasteiger partial charge in [0.05, 0.1) is 23.4 Å². The van der Waals surface area contributed by atoms with Gasteiger partial charge in [-0.05, 0) is 65.9 Å². The molecule has 0 N–H and O–H groups in total. The van der Waals surface area contributed by atoms with E-state index in [1.54, 1.807) is 7.11 Å². The van der Waals surface area contributed by atoms with Gasteiger partial charge in [-0.3, -0.25) is 9.36 Å². The molecule has 0 unspecified atom stereocenters. The number of furan rings is 1. The summed E-state index contributed by atoms with van der Waals surface area (Å²) in [6.45, 7) is 0. The van der Waals surface area contributed by atoms with E-state index in [0.717, 1.165) is 56.8 Å². The average molecular weight is 596 g/mol. The van der Waals surface area contributed by atoms with Gasteiger partial charge >= 0.3 is 0 Å². The van der Waals surface area contributed by atoms with E-state index in [2.05, 4.69) is 46.3 Å². The van der Waals surface area contributed by atoms with Crippen LogP contribution >= 0.6 is 27.3 Å². The van der Waals surface area contributed by atoms with Crippen LogP contribution < -0.4 is 19.6 Å². The first-order valence-electron chi connectivity index (χ1n) is 12.7. The fourth-order valence-corrected chi connectivity index (χ4v) is 6.87. The number of nitrogens with zero attached hydrogens (tertiary/aromatic N) is 2. The summed E-state index contributed by atoms with van der Waals surface area (Å²) in [5.74, 6) is 2.14. The van der Waals surface area contributed by atoms with E-state index in [1.807, 2.05) is 65.2 Å². The summed E-state index contributed by atoms with van der Waals surface area (Å²) in [5.41, 5.74) is 6.49. The molecule has 0 saturated carbocycles. The number of benzene rings is 3. The van der Waals surface area contributed by atoms with Crippen molar-refractivity contribution in [1.29, 1.82) is 0 Å². The molecule has 0 saturated heterocycles. The standard InChI is InChI=1S/C32H23BrN2O3S/c1-37-23-10-5-8-21(17-23)30-26-14-12-19-6-2-3-11-25(19)29(26)34-32-35(30)31(36)28(39-32)18-24-13-15-27(38-24)20-7-4-9-22(33)16-20/h2-11,13,15-18,30H,12,14H2,1H3/b28-18+/t30-/m1/s1. The molecule has 5 nitrogen and oxygen atoms in total. The minimum Gasteiger partial charge on any atom is -0.497 e. The van der Waals surface area contributed by atoms with Crippen molar-refractivity contribution in [2.24, 2.45) is 4.99 Å². The van der Waals surface area contributed by atoms with Crippen LogP contribution in [0.15, 0.2) is 109 Å². The minimum atomic E-state index is -0.254. The Morgan fingerprint density at radius 2 is 1.90 bits per heavy atom. The zero-order chi connectivity index (χ0) is 26.5. The van der Waals surface area contributed by atoms with E-state index in [9.17, 15) is 4.79 Å². The normalized spacial score (nSPS) is 16.4. The average Bonchev–Trinajstić information content (AvgIpc) is 3.56. The summed E-state index contributed by atoms with van der Waals surface area (Å²) >= 11 is 4.92. The smallest absolute Gasteiger partial charge is 0.271 e. The first kappa shape index (κ1) is 24.1. The first-order valence-corrected chi connectivity index (χ1v) is 14.3. The van der Waals surface area contributed by atoms with Crippen LogP contribution in [0.3, 0.4) is 0 Å². The second-order valence-electron chi connectivity index (χ2n) is 9.60. The zero-order valence-electron chi connectivity index (χ0n) is 21.1. The van der Waals surface area contributed by atoms with Gasteiger partial charge in [0.25, 0.3) is 5.56 Å². The van der Waals surface area contributed by atoms with Gasteiger partial charge in [-0.2, -0.15) is 0 Å². The second-order valence-corrected chi connectivity index (χ2v) is 11.5. The molecule has 1 aliphatic carbocycles. The van der Waals surface area contributed by atoms with E-state index in [0.29, 0.717) is 15.1 Å². The summed E-state index contributed by atoms with van der Waals surface area (Å²) < 4.78 is 15.1. The second kappa shape index (κ2) is 9.67. The Bertz CT molecular complexity index is 1960. The fraction of sp³-hybridized carbons (Fsp3) is 0.125. The molecule has 7 rings (SSSR count). The molecule has 0 fully saturated rings. The Morgan fingerprint density at radius 3 is 2.77 bits per heavy atom. The fourth-order valence-electron chi connectivity index (χ4n) is 5.49. The van der Waals surface area contributed by atoms with Gasteiger partial charge in [-0.25, -0.2) is 4.99 Å². The highest BCUT2D eigenvalue weighted by molar-refractivity contribution is 9.10. The van der Waals surface area contributed by atoms with Crippen LogP contribution in [0.4, 0.5) is 0 Å². The summed E-state index contributed by atoms with van der Waals surface area (Å²) in [7, 11) is 1.66. The number of hydrogen-bond acceptors (Lipinski definition) is 5. The lowest BCUT2D eigenvalue weighted by Crippen LogP contribution is -2.38. The number of ether oxygens (including phenoxy) is 1. The number of hydrogen-bond donors (Lipinski definition) is 0. The molecule has 1 aliphatic heterocycles. The number of aryl methyl sites for hydroxylation is 1. The molecule has 0 radical (unpaired) electrons. The third-order valence-electron chi connectivity index (χ3n) is 7.29. The highest BCUT2D eigenvalue weighted by Crippen LogP contribution is 2.41. The molecule has 7 heteroatoms. The third-order valence-corrected chi connectivity index (χ3v) is 8.77. The highest BCUT2D eigenvalue weighted by Gasteiger charge is 2.32. The van der Waals surface area contributed by atoms with E-state index in [-0.39, 0.29) is 11.6 Å². The van der Waals surface area contributed by atoms with Crippen LogP contribution in [0, 0.1) is 0 Å². The molecule has 2 aromatic heterocycles. The molecule has 39 heavy (non-hydrogen) atoms. The van der Waals surface area contributed by atoms with Gasteiger partial charge in [-0.15, -0.1) is 0 Å². The lowest BCUT2D eigenvalue weighted by molar-refractivity contribution is 0.413. The predicted molar refractivity (Wildman–Crippen MR) is 158 cm³/mol. The molecule has 1 atom stereocenters. The third kappa shape index (κ3) is 4.22. The number of fused-ring (bicyclic) bond motifs is 3. The number of allylic oxidation sites excluding steroid dienone is 1. The zero-order valence-corrected chi connectivity index (χ0v) is 23.5. The van der Waals surface area contributed by atoms with E-state index in [1.165, 1.54) is 16.9 Å². The van der Waals surface area contributed by atoms with Gasteiger partial charge in [-0.1, -0.05) is 75.8 Å². The Kier molecular flexibility index (Phi) is 5.98. The van der Waals surface area contributed by atoms with Crippen molar-refractivity contribution >= 4 is 39.0 Å². The van der Waals surface area contributed by atoms with Crippen LogP contribution in [0.1, 0.15) is 34.9 Å². The number of halogens is 1. The van der Waals surface area contributed by atoms with Crippen molar-refractivity contribution < 1.29 is 9.15 Å². The number of thiazole rings is 1. The Morgan fingerprint density at radius 1 is 1.03 bits per heavy atom. The molecule has 3 aromatic carbocycles. The molecule has 0 amide bonds. The largest absolute Gasteiger partial charge is 0.497 e. The lowest BCUT2D eigenvalue weighted by atomic mass is 9.83. The van der Waals surface area contributed by atoms with Gasteiger partial charge < -0.3 is 9.15 Å². The molecular formula is C32H23BrN2O3S. The maximum absolute atomic E-state index is 14.0.